The first-order valence-corrected chi connectivity index (χ1v) is 6.62. The summed E-state index contributed by atoms with van der Waals surface area (Å²) >= 11 is 4.96. The van der Waals surface area contributed by atoms with Crippen molar-refractivity contribution in [1.29, 1.82) is 0 Å². The molecule has 0 bridgehead atoms. The second-order valence-corrected chi connectivity index (χ2v) is 5.62. The lowest BCUT2D eigenvalue weighted by atomic mass is 9.91. The van der Waals surface area contributed by atoms with Crippen LogP contribution in [0.15, 0.2) is 0 Å². The largest absolute Gasteiger partial charge is 0.393 e. The molecule has 0 saturated carbocycles. The molecular formula is C12H21N3O2S. The predicted molar refractivity (Wildman–Crippen MR) is 73.6 cm³/mol. The van der Waals surface area contributed by atoms with Crippen molar-refractivity contribution >= 4 is 29.0 Å². The number of likely N-dealkylation sites (tertiary alicyclic amines) is 1. The van der Waals surface area contributed by atoms with E-state index in [4.69, 9.17) is 23.7 Å². The van der Waals surface area contributed by atoms with E-state index in [1.807, 2.05) is 13.8 Å². The van der Waals surface area contributed by atoms with E-state index in [1.165, 1.54) is 0 Å². The number of carbonyl (C=O) groups is 2. The van der Waals surface area contributed by atoms with Gasteiger partial charge in [-0.25, -0.2) is 0 Å². The lowest BCUT2D eigenvalue weighted by Crippen LogP contribution is -2.49. The summed E-state index contributed by atoms with van der Waals surface area (Å²) in [4.78, 5) is 25.4. The van der Waals surface area contributed by atoms with Gasteiger partial charge in [-0.3, -0.25) is 9.59 Å². The molecule has 2 atom stereocenters. The van der Waals surface area contributed by atoms with Crippen LogP contribution in [-0.4, -0.2) is 34.8 Å². The number of piperidine rings is 1. The molecule has 0 aromatic heterocycles. The highest BCUT2D eigenvalue weighted by atomic mass is 32.1. The fourth-order valence-electron chi connectivity index (χ4n) is 2.34. The molecule has 1 saturated heterocycles. The van der Waals surface area contributed by atoms with Crippen LogP contribution in [0, 0.1) is 17.8 Å². The van der Waals surface area contributed by atoms with Gasteiger partial charge < -0.3 is 16.4 Å². The Morgan fingerprint density at radius 3 is 2.39 bits per heavy atom. The van der Waals surface area contributed by atoms with E-state index in [2.05, 4.69) is 0 Å². The maximum absolute atomic E-state index is 12.4. The van der Waals surface area contributed by atoms with E-state index < -0.39 is 5.92 Å². The third-order valence-corrected chi connectivity index (χ3v) is 3.63. The zero-order valence-electron chi connectivity index (χ0n) is 10.9. The van der Waals surface area contributed by atoms with Crippen molar-refractivity contribution in [3.8, 4) is 0 Å². The minimum absolute atomic E-state index is 0.0592. The molecule has 102 valence electrons. The Bertz CT molecular complexity index is 357. The van der Waals surface area contributed by atoms with Crippen molar-refractivity contribution in [3.63, 3.8) is 0 Å². The molecule has 1 fully saturated rings. The fraction of sp³-hybridized carbons (Fsp3) is 0.750. The molecular weight excluding hydrogens is 250 g/mol. The fourth-order valence-corrected chi connectivity index (χ4v) is 2.71. The van der Waals surface area contributed by atoms with E-state index in [1.54, 1.807) is 4.90 Å². The predicted octanol–water partition coefficient (Wildman–Crippen LogP) is 0.269. The topological polar surface area (TPSA) is 89.4 Å². The normalized spacial score (nSPS) is 21.7. The smallest absolute Gasteiger partial charge is 0.232 e. The van der Waals surface area contributed by atoms with Crippen molar-refractivity contribution in [2.24, 2.45) is 29.2 Å². The Morgan fingerprint density at radius 1 is 1.33 bits per heavy atom. The first kappa shape index (κ1) is 14.9. The van der Waals surface area contributed by atoms with Crippen LogP contribution in [0.4, 0.5) is 0 Å². The van der Waals surface area contributed by atoms with Crippen LogP contribution < -0.4 is 11.5 Å². The van der Waals surface area contributed by atoms with Crippen molar-refractivity contribution in [1.82, 2.24) is 4.90 Å². The van der Waals surface area contributed by atoms with Gasteiger partial charge in [0.2, 0.25) is 11.8 Å². The van der Waals surface area contributed by atoms with E-state index in [9.17, 15) is 9.59 Å². The third-order valence-electron chi connectivity index (χ3n) is 3.37. The third kappa shape index (κ3) is 3.41. The van der Waals surface area contributed by atoms with Crippen LogP contribution in [-0.2, 0) is 9.59 Å². The van der Waals surface area contributed by atoms with Crippen molar-refractivity contribution < 1.29 is 9.59 Å². The van der Waals surface area contributed by atoms with Crippen LogP contribution in [0.2, 0.25) is 0 Å². The molecule has 0 aromatic carbocycles. The maximum atomic E-state index is 12.4. The average molecular weight is 271 g/mol. The lowest BCUT2D eigenvalue weighted by molar-refractivity contribution is -0.137. The molecule has 2 unspecified atom stereocenters. The molecule has 1 heterocycles. The molecule has 0 radical (unpaired) electrons. The molecule has 0 aliphatic carbocycles. The van der Waals surface area contributed by atoms with E-state index in [-0.39, 0.29) is 28.6 Å². The molecule has 0 aromatic rings. The summed E-state index contributed by atoms with van der Waals surface area (Å²) in [6, 6.07) is 0. The molecule has 0 spiro atoms. The van der Waals surface area contributed by atoms with Crippen molar-refractivity contribution in [3.05, 3.63) is 0 Å². The Hall–Kier alpha value is -1.17. The zero-order chi connectivity index (χ0) is 13.9. The maximum Gasteiger partial charge on any atom is 0.232 e. The van der Waals surface area contributed by atoms with Crippen LogP contribution in [0.1, 0.15) is 26.7 Å². The van der Waals surface area contributed by atoms with Gasteiger partial charge in [0.15, 0.2) is 0 Å². The van der Waals surface area contributed by atoms with Gasteiger partial charge >= 0.3 is 0 Å². The number of amides is 2. The number of thiocarbonyl (C=S) groups is 1. The highest BCUT2D eigenvalue weighted by Gasteiger charge is 2.33. The van der Waals surface area contributed by atoms with Gasteiger partial charge in [-0.1, -0.05) is 26.1 Å². The molecule has 1 rings (SSSR count). The highest BCUT2D eigenvalue weighted by molar-refractivity contribution is 7.80. The van der Waals surface area contributed by atoms with E-state index in [0.29, 0.717) is 13.1 Å². The Balaban J connectivity index is 2.76. The average Bonchev–Trinajstić information content (AvgIpc) is 2.28. The molecule has 2 amide bonds. The number of hydrogen-bond acceptors (Lipinski definition) is 3. The summed E-state index contributed by atoms with van der Waals surface area (Å²) in [6.45, 7) is 4.86. The van der Waals surface area contributed by atoms with Gasteiger partial charge in [0.05, 0.1) is 16.8 Å². The molecule has 4 N–H and O–H groups in total. The molecule has 1 aliphatic rings. The zero-order valence-corrected chi connectivity index (χ0v) is 11.7. The van der Waals surface area contributed by atoms with Crippen LogP contribution in [0.5, 0.6) is 0 Å². The summed E-state index contributed by atoms with van der Waals surface area (Å²) in [5, 5.41) is 0. The van der Waals surface area contributed by atoms with Crippen molar-refractivity contribution in [2.75, 3.05) is 13.1 Å². The monoisotopic (exact) mass is 271 g/mol. The molecule has 6 heteroatoms. The SMILES string of the molecule is CC(C)C(C(=O)N1CCCC(C(N)=O)C1)C(N)=S. The van der Waals surface area contributed by atoms with Gasteiger partial charge in [0, 0.05) is 13.1 Å². The summed E-state index contributed by atoms with van der Waals surface area (Å²) in [5.41, 5.74) is 10.9. The van der Waals surface area contributed by atoms with Gasteiger partial charge in [-0.05, 0) is 18.8 Å². The quantitative estimate of drug-likeness (QED) is 0.718. The summed E-state index contributed by atoms with van der Waals surface area (Å²) in [6.07, 6.45) is 1.54. The first-order valence-electron chi connectivity index (χ1n) is 6.22. The number of hydrogen-bond donors (Lipinski definition) is 2. The van der Waals surface area contributed by atoms with Crippen LogP contribution >= 0.6 is 12.2 Å². The summed E-state index contributed by atoms with van der Waals surface area (Å²) in [7, 11) is 0. The van der Waals surface area contributed by atoms with Gasteiger partial charge in [0.1, 0.15) is 0 Å². The highest BCUT2D eigenvalue weighted by Crippen LogP contribution is 2.21. The van der Waals surface area contributed by atoms with Crippen molar-refractivity contribution in [2.45, 2.75) is 26.7 Å². The van der Waals surface area contributed by atoms with Gasteiger partial charge in [-0.2, -0.15) is 0 Å². The Morgan fingerprint density at radius 2 is 1.94 bits per heavy atom. The molecule has 5 nitrogen and oxygen atoms in total. The van der Waals surface area contributed by atoms with Gasteiger partial charge in [-0.15, -0.1) is 0 Å². The number of nitrogens with two attached hydrogens (primary N) is 2. The second-order valence-electron chi connectivity index (χ2n) is 5.15. The number of carbonyl (C=O) groups excluding carboxylic acids is 2. The summed E-state index contributed by atoms with van der Waals surface area (Å²) in [5.74, 6) is -1.06. The number of nitrogens with zero attached hydrogens (tertiary/aromatic N) is 1. The van der Waals surface area contributed by atoms with Crippen LogP contribution in [0.25, 0.3) is 0 Å². The van der Waals surface area contributed by atoms with E-state index >= 15 is 0 Å². The minimum atomic E-state index is -0.452. The van der Waals surface area contributed by atoms with Crippen LogP contribution in [0.3, 0.4) is 0 Å². The second kappa shape index (κ2) is 6.13. The lowest BCUT2D eigenvalue weighted by Gasteiger charge is -2.34. The standard InChI is InChI=1S/C12H21N3O2S/c1-7(2)9(11(14)18)12(17)15-5-3-4-8(6-15)10(13)16/h7-9H,3-6H2,1-2H3,(H2,13,16)(H2,14,18). The Labute approximate surface area is 113 Å². The number of rotatable bonds is 4. The first-order chi connectivity index (χ1) is 8.34. The Kier molecular flexibility index (Phi) is 5.07. The van der Waals surface area contributed by atoms with Gasteiger partial charge in [0.25, 0.3) is 0 Å². The summed E-state index contributed by atoms with van der Waals surface area (Å²) < 4.78 is 0. The molecule has 1 aliphatic heterocycles. The number of primary amides is 1. The molecule has 18 heavy (non-hydrogen) atoms. The minimum Gasteiger partial charge on any atom is -0.393 e. The van der Waals surface area contributed by atoms with E-state index in [0.717, 1.165) is 12.8 Å².